The van der Waals surface area contributed by atoms with Crippen LogP contribution in [0.4, 0.5) is 0 Å². The molecule has 0 aliphatic carbocycles. The van der Waals surface area contributed by atoms with Crippen molar-refractivity contribution in [3.8, 4) is 0 Å². The van der Waals surface area contributed by atoms with Gasteiger partial charge in [-0.2, -0.15) is 0 Å². The quantitative estimate of drug-likeness (QED) is 0.734. The molecule has 4 nitrogen and oxygen atoms in total. The molecular formula is C9H13NO3. The summed E-state index contributed by atoms with van der Waals surface area (Å²) in [5.74, 6) is -0.297. The van der Waals surface area contributed by atoms with Crippen molar-refractivity contribution in [2.75, 3.05) is 6.54 Å². The van der Waals surface area contributed by atoms with Crippen molar-refractivity contribution in [3.05, 3.63) is 23.2 Å². The van der Waals surface area contributed by atoms with Gasteiger partial charge in [0.2, 0.25) is 5.76 Å². The van der Waals surface area contributed by atoms with E-state index in [1.807, 2.05) is 6.92 Å². The van der Waals surface area contributed by atoms with Crippen LogP contribution in [-0.4, -0.2) is 17.6 Å². The van der Waals surface area contributed by atoms with E-state index in [1.54, 1.807) is 0 Å². The average molecular weight is 183 g/mol. The van der Waals surface area contributed by atoms with Gasteiger partial charge in [-0.25, -0.2) is 4.79 Å². The molecule has 0 radical (unpaired) electrons. The fourth-order valence-corrected chi connectivity index (χ4v) is 1.14. The number of aromatic carboxylic acids is 1. The lowest BCUT2D eigenvalue weighted by molar-refractivity contribution is 0.0660. The van der Waals surface area contributed by atoms with Gasteiger partial charge in [0.05, 0.1) is 0 Å². The first kappa shape index (κ1) is 9.80. The van der Waals surface area contributed by atoms with Gasteiger partial charge in [-0.05, 0) is 31.5 Å². The molecule has 0 unspecified atom stereocenters. The van der Waals surface area contributed by atoms with Crippen LogP contribution in [-0.2, 0) is 6.42 Å². The number of rotatable bonds is 4. The van der Waals surface area contributed by atoms with Crippen LogP contribution in [0.1, 0.15) is 28.3 Å². The summed E-state index contributed by atoms with van der Waals surface area (Å²) in [5.41, 5.74) is 6.22. The van der Waals surface area contributed by atoms with E-state index in [0.29, 0.717) is 13.0 Å². The minimum Gasteiger partial charge on any atom is -0.475 e. The molecule has 0 spiro atoms. The molecule has 4 heteroatoms. The maximum atomic E-state index is 10.5. The third-order valence-electron chi connectivity index (χ3n) is 1.84. The monoisotopic (exact) mass is 183 g/mol. The molecule has 1 rings (SSSR count). The van der Waals surface area contributed by atoms with Gasteiger partial charge in [-0.15, -0.1) is 0 Å². The Kier molecular flexibility index (Phi) is 3.08. The Morgan fingerprint density at radius 1 is 1.69 bits per heavy atom. The fraction of sp³-hybridized carbons (Fsp3) is 0.444. The highest BCUT2D eigenvalue weighted by atomic mass is 16.4. The topological polar surface area (TPSA) is 76.5 Å². The van der Waals surface area contributed by atoms with Crippen molar-refractivity contribution >= 4 is 5.97 Å². The molecule has 1 heterocycles. The van der Waals surface area contributed by atoms with Crippen LogP contribution in [0.5, 0.6) is 0 Å². The molecule has 0 aliphatic heterocycles. The number of carbonyl (C=O) groups is 1. The number of nitrogens with two attached hydrogens (primary N) is 1. The second-order valence-electron chi connectivity index (χ2n) is 2.91. The molecule has 72 valence electrons. The number of carboxylic acids is 1. The Morgan fingerprint density at radius 2 is 2.38 bits per heavy atom. The molecular weight excluding hydrogens is 170 g/mol. The van der Waals surface area contributed by atoms with Crippen molar-refractivity contribution < 1.29 is 14.3 Å². The van der Waals surface area contributed by atoms with Crippen molar-refractivity contribution in [2.24, 2.45) is 5.73 Å². The fourth-order valence-electron chi connectivity index (χ4n) is 1.14. The van der Waals surface area contributed by atoms with E-state index in [1.165, 1.54) is 6.07 Å². The maximum Gasteiger partial charge on any atom is 0.371 e. The van der Waals surface area contributed by atoms with Gasteiger partial charge in [-0.1, -0.05) is 0 Å². The van der Waals surface area contributed by atoms with Crippen LogP contribution in [0.25, 0.3) is 0 Å². The Bertz CT molecular complexity index is 304. The molecule has 1 aromatic rings. The van der Waals surface area contributed by atoms with Crippen LogP contribution >= 0.6 is 0 Å². The average Bonchev–Trinajstić information content (AvgIpc) is 2.44. The van der Waals surface area contributed by atoms with Gasteiger partial charge in [0.25, 0.3) is 0 Å². The van der Waals surface area contributed by atoms with E-state index in [-0.39, 0.29) is 5.76 Å². The minimum atomic E-state index is -1.03. The highest BCUT2D eigenvalue weighted by Crippen LogP contribution is 2.15. The van der Waals surface area contributed by atoms with Gasteiger partial charge in [0.15, 0.2) is 0 Å². The molecule has 0 fully saturated rings. The van der Waals surface area contributed by atoms with Crippen molar-refractivity contribution in [1.29, 1.82) is 0 Å². The van der Waals surface area contributed by atoms with Gasteiger partial charge >= 0.3 is 5.97 Å². The van der Waals surface area contributed by atoms with E-state index < -0.39 is 5.97 Å². The Labute approximate surface area is 76.3 Å². The second kappa shape index (κ2) is 4.09. The van der Waals surface area contributed by atoms with Crippen LogP contribution < -0.4 is 5.73 Å². The smallest absolute Gasteiger partial charge is 0.371 e. The molecule has 0 aromatic carbocycles. The molecule has 0 amide bonds. The largest absolute Gasteiger partial charge is 0.475 e. The molecule has 0 atom stereocenters. The molecule has 0 saturated heterocycles. The molecule has 0 bridgehead atoms. The summed E-state index contributed by atoms with van der Waals surface area (Å²) in [6, 6.07) is 1.54. The predicted octanol–water partition coefficient (Wildman–Crippen LogP) is 1.18. The van der Waals surface area contributed by atoms with Gasteiger partial charge in [-0.3, -0.25) is 0 Å². The Morgan fingerprint density at radius 3 is 2.85 bits per heavy atom. The first-order valence-electron chi connectivity index (χ1n) is 4.18. The third-order valence-corrected chi connectivity index (χ3v) is 1.84. The normalized spacial score (nSPS) is 10.3. The number of aryl methyl sites for hydroxylation is 2. The summed E-state index contributed by atoms with van der Waals surface area (Å²) >= 11 is 0. The summed E-state index contributed by atoms with van der Waals surface area (Å²) in [6.45, 7) is 2.42. The summed E-state index contributed by atoms with van der Waals surface area (Å²) in [7, 11) is 0. The molecule has 0 aliphatic rings. The zero-order valence-corrected chi connectivity index (χ0v) is 7.54. The molecule has 0 saturated carbocycles. The number of furan rings is 1. The van der Waals surface area contributed by atoms with Gasteiger partial charge in [0, 0.05) is 6.42 Å². The van der Waals surface area contributed by atoms with E-state index in [9.17, 15) is 4.79 Å². The second-order valence-corrected chi connectivity index (χ2v) is 2.91. The van der Waals surface area contributed by atoms with E-state index >= 15 is 0 Å². The SMILES string of the molecule is Cc1cc(C(=O)O)oc1CCCN. The number of carboxylic acid groups (broad SMARTS) is 1. The lowest BCUT2D eigenvalue weighted by atomic mass is 10.2. The molecule has 1 aromatic heterocycles. The van der Waals surface area contributed by atoms with Crippen molar-refractivity contribution in [3.63, 3.8) is 0 Å². The highest BCUT2D eigenvalue weighted by Gasteiger charge is 2.12. The zero-order valence-electron chi connectivity index (χ0n) is 7.54. The summed E-state index contributed by atoms with van der Waals surface area (Å²) in [5, 5.41) is 8.63. The van der Waals surface area contributed by atoms with Crippen LogP contribution in [0, 0.1) is 6.92 Å². The van der Waals surface area contributed by atoms with Crippen LogP contribution in [0.2, 0.25) is 0 Å². The lowest BCUT2D eigenvalue weighted by Gasteiger charge is -1.95. The van der Waals surface area contributed by atoms with Gasteiger partial charge in [0.1, 0.15) is 5.76 Å². The third kappa shape index (κ3) is 2.32. The van der Waals surface area contributed by atoms with E-state index in [0.717, 1.165) is 17.7 Å². The van der Waals surface area contributed by atoms with Crippen LogP contribution in [0.15, 0.2) is 10.5 Å². The lowest BCUT2D eigenvalue weighted by Crippen LogP contribution is -2.00. The van der Waals surface area contributed by atoms with Gasteiger partial charge < -0.3 is 15.3 Å². The summed E-state index contributed by atoms with van der Waals surface area (Å²) in [4.78, 5) is 10.5. The Hall–Kier alpha value is -1.29. The molecule has 3 N–H and O–H groups in total. The van der Waals surface area contributed by atoms with Crippen LogP contribution in [0.3, 0.4) is 0 Å². The standard InChI is InChI=1S/C9H13NO3/c1-6-5-8(9(11)12)13-7(6)3-2-4-10/h5H,2-4,10H2,1H3,(H,11,12). The first-order chi connectivity index (χ1) is 6.15. The summed E-state index contributed by atoms with van der Waals surface area (Å²) < 4.78 is 5.12. The van der Waals surface area contributed by atoms with Crippen molar-refractivity contribution in [1.82, 2.24) is 0 Å². The molecule has 13 heavy (non-hydrogen) atoms. The minimum absolute atomic E-state index is 0.00419. The number of hydrogen-bond acceptors (Lipinski definition) is 3. The highest BCUT2D eigenvalue weighted by molar-refractivity contribution is 5.84. The zero-order chi connectivity index (χ0) is 9.84. The predicted molar refractivity (Wildman–Crippen MR) is 47.8 cm³/mol. The Balaban J connectivity index is 2.77. The van der Waals surface area contributed by atoms with E-state index in [2.05, 4.69) is 0 Å². The summed E-state index contributed by atoms with van der Waals surface area (Å²) in [6.07, 6.45) is 1.52. The maximum absolute atomic E-state index is 10.5. The number of hydrogen-bond donors (Lipinski definition) is 2. The first-order valence-corrected chi connectivity index (χ1v) is 4.18. The van der Waals surface area contributed by atoms with Crippen molar-refractivity contribution in [2.45, 2.75) is 19.8 Å². The van der Waals surface area contributed by atoms with E-state index in [4.69, 9.17) is 15.3 Å².